The standard InChI is InChI=1S/C18H22N2O4S/c1-18(2,3)24-17(22)20-14(16(21)23-4)11-12-5-7-13(8-6-12)15-19-9-10-25-15/h5-10,14H,11H2,1-4H3,(H,20,22)/t14-/m0/s1. The van der Waals surface area contributed by atoms with E-state index < -0.39 is 23.7 Å². The number of thiazole rings is 1. The summed E-state index contributed by atoms with van der Waals surface area (Å²) in [7, 11) is 1.29. The molecule has 1 atom stereocenters. The van der Waals surface area contributed by atoms with Crippen LogP contribution in [0.1, 0.15) is 26.3 Å². The number of esters is 1. The molecule has 0 unspecified atom stereocenters. The first-order valence-corrected chi connectivity index (χ1v) is 8.72. The maximum absolute atomic E-state index is 12.0. The third-order valence-corrected chi connectivity index (χ3v) is 4.07. The fourth-order valence-electron chi connectivity index (χ4n) is 2.17. The van der Waals surface area contributed by atoms with Crippen LogP contribution in [0, 0.1) is 0 Å². The van der Waals surface area contributed by atoms with Crippen molar-refractivity contribution < 1.29 is 19.1 Å². The molecule has 0 aliphatic carbocycles. The fraction of sp³-hybridized carbons (Fsp3) is 0.389. The summed E-state index contributed by atoms with van der Waals surface area (Å²) in [5.74, 6) is -0.519. The van der Waals surface area contributed by atoms with Crippen LogP contribution in [0.3, 0.4) is 0 Å². The van der Waals surface area contributed by atoms with Gasteiger partial charge in [-0.25, -0.2) is 14.6 Å². The molecule has 25 heavy (non-hydrogen) atoms. The molecule has 0 bridgehead atoms. The number of ether oxygens (including phenoxy) is 2. The van der Waals surface area contributed by atoms with E-state index >= 15 is 0 Å². The molecule has 1 N–H and O–H groups in total. The number of nitrogens with zero attached hydrogens (tertiary/aromatic N) is 1. The van der Waals surface area contributed by atoms with Gasteiger partial charge in [-0.3, -0.25) is 0 Å². The molecule has 6 nitrogen and oxygen atoms in total. The van der Waals surface area contributed by atoms with Crippen molar-refractivity contribution in [1.82, 2.24) is 10.3 Å². The summed E-state index contributed by atoms with van der Waals surface area (Å²) in [6, 6.07) is 6.88. The van der Waals surface area contributed by atoms with Gasteiger partial charge in [-0.15, -0.1) is 11.3 Å². The molecular formula is C18H22N2O4S. The maximum atomic E-state index is 12.0. The summed E-state index contributed by atoms with van der Waals surface area (Å²) in [6.45, 7) is 5.28. The fourth-order valence-corrected chi connectivity index (χ4v) is 2.81. The van der Waals surface area contributed by atoms with E-state index in [0.717, 1.165) is 16.1 Å². The van der Waals surface area contributed by atoms with Gasteiger partial charge in [-0.1, -0.05) is 24.3 Å². The molecule has 0 aliphatic heterocycles. The zero-order valence-corrected chi connectivity index (χ0v) is 15.6. The number of carbonyl (C=O) groups excluding carboxylic acids is 2. The van der Waals surface area contributed by atoms with Crippen LogP contribution in [0.25, 0.3) is 10.6 Å². The number of benzene rings is 1. The van der Waals surface area contributed by atoms with E-state index in [4.69, 9.17) is 9.47 Å². The SMILES string of the molecule is COC(=O)[C@H](Cc1ccc(-c2nccs2)cc1)NC(=O)OC(C)(C)C. The Morgan fingerprint density at radius 3 is 2.44 bits per heavy atom. The van der Waals surface area contributed by atoms with E-state index in [0.29, 0.717) is 6.42 Å². The van der Waals surface area contributed by atoms with Crippen molar-refractivity contribution in [2.24, 2.45) is 0 Å². The van der Waals surface area contributed by atoms with Gasteiger partial charge in [0, 0.05) is 23.6 Å². The van der Waals surface area contributed by atoms with Gasteiger partial charge in [0.05, 0.1) is 7.11 Å². The van der Waals surface area contributed by atoms with Crippen molar-refractivity contribution in [3.05, 3.63) is 41.4 Å². The van der Waals surface area contributed by atoms with E-state index in [-0.39, 0.29) is 0 Å². The smallest absolute Gasteiger partial charge is 0.408 e. The largest absolute Gasteiger partial charge is 0.467 e. The predicted molar refractivity (Wildman–Crippen MR) is 96.4 cm³/mol. The van der Waals surface area contributed by atoms with Crippen molar-refractivity contribution in [2.45, 2.75) is 38.8 Å². The minimum atomic E-state index is -0.814. The van der Waals surface area contributed by atoms with Gasteiger partial charge in [0.1, 0.15) is 16.7 Å². The van der Waals surface area contributed by atoms with Crippen molar-refractivity contribution >= 4 is 23.4 Å². The molecule has 0 saturated heterocycles. The minimum Gasteiger partial charge on any atom is -0.467 e. The quantitative estimate of drug-likeness (QED) is 0.825. The number of methoxy groups -OCH3 is 1. The van der Waals surface area contributed by atoms with Gasteiger partial charge in [0.25, 0.3) is 0 Å². The lowest BCUT2D eigenvalue weighted by atomic mass is 10.0. The monoisotopic (exact) mass is 362 g/mol. The van der Waals surface area contributed by atoms with E-state index in [1.54, 1.807) is 38.3 Å². The summed E-state index contributed by atoms with van der Waals surface area (Å²) in [5, 5.41) is 5.42. The summed E-state index contributed by atoms with van der Waals surface area (Å²) in [6.07, 6.45) is 1.41. The lowest BCUT2D eigenvalue weighted by molar-refractivity contribution is -0.143. The lowest BCUT2D eigenvalue weighted by Crippen LogP contribution is -2.45. The minimum absolute atomic E-state index is 0.310. The number of alkyl carbamates (subject to hydrolysis) is 1. The van der Waals surface area contributed by atoms with E-state index in [1.165, 1.54) is 7.11 Å². The highest BCUT2D eigenvalue weighted by Crippen LogP contribution is 2.22. The summed E-state index contributed by atoms with van der Waals surface area (Å²) >= 11 is 1.56. The second kappa shape index (κ2) is 8.11. The zero-order chi connectivity index (χ0) is 18.4. The molecule has 1 amide bonds. The Hall–Kier alpha value is -2.41. The Kier molecular flexibility index (Phi) is 6.14. The van der Waals surface area contributed by atoms with Crippen molar-refractivity contribution in [3.63, 3.8) is 0 Å². The molecule has 0 aliphatic rings. The molecule has 1 aromatic heterocycles. The molecule has 0 radical (unpaired) electrons. The van der Waals surface area contributed by atoms with Crippen LogP contribution in [-0.2, 0) is 20.7 Å². The summed E-state index contributed by atoms with van der Waals surface area (Å²) in [5.41, 5.74) is 1.26. The first kappa shape index (κ1) is 18.9. The van der Waals surface area contributed by atoms with Crippen molar-refractivity contribution in [1.29, 1.82) is 0 Å². The van der Waals surface area contributed by atoms with Crippen LogP contribution in [0.2, 0.25) is 0 Å². The Morgan fingerprint density at radius 2 is 1.92 bits per heavy atom. The third kappa shape index (κ3) is 5.86. The first-order valence-electron chi connectivity index (χ1n) is 7.84. The number of nitrogens with one attached hydrogen (secondary N) is 1. The molecule has 134 valence electrons. The van der Waals surface area contributed by atoms with Crippen LogP contribution >= 0.6 is 11.3 Å². The average molecular weight is 362 g/mol. The average Bonchev–Trinajstić information content (AvgIpc) is 3.07. The van der Waals surface area contributed by atoms with E-state index in [9.17, 15) is 9.59 Å². The highest BCUT2D eigenvalue weighted by molar-refractivity contribution is 7.13. The number of hydrogen-bond acceptors (Lipinski definition) is 6. The van der Waals surface area contributed by atoms with Gasteiger partial charge in [-0.2, -0.15) is 0 Å². The van der Waals surface area contributed by atoms with E-state index in [1.807, 2.05) is 29.6 Å². The Morgan fingerprint density at radius 1 is 1.24 bits per heavy atom. The molecule has 7 heteroatoms. The molecule has 2 aromatic rings. The van der Waals surface area contributed by atoms with Gasteiger partial charge in [0.2, 0.25) is 0 Å². The molecule has 1 heterocycles. The Labute approximate surface area is 151 Å². The molecular weight excluding hydrogens is 340 g/mol. The normalized spacial score (nSPS) is 12.3. The Bertz CT molecular complexity index is 706. The van der Waals surface area contributed by atoms with Crippen molar-refractivity contribution in [2.75, 3.05) is 7.11 Å². The number of aromatic nitrogens is 1. The summed E-state index contributed by atoms with van der Waals surface area (Å²) < 4.78 is 9.98. The van der Waals surface area contributed by atoms with Crippen molar-refractivity contribution in [3.8, 4) is 10.6 Å². The number of hydrogen-bond donors (Lipinski definition) is 1. The molecule has 2 rings (SSSR count). The van der Waals surface area contributed by atoms with E-state index in [2.05, 4.69) is 10.3 Å². The van der Waals surface area contributed by atoms with Crippen LogP contribution in [0.15, 0.2) is 35.8 Å². The van der Waals surface area contributed by atoms with Gasteiger partial charge in [-0.05, 0) is 26.3 Å². The van der Waals surface area contributed by atoms with Crippen LogP contribution in [0.5, 0.6) is 0 Å². The first-order chi connectivity index (χ1) is 11.8. The molecule has 1 aromatic carbocycles. The summed E-state index contributed by atoms with van der Waals surface area (Å²) in [4.78, 5) is 28.2. The molecule has 0 spiro atoms. The number of carbonyl (C=O) groups is 2. The Balaban J connectivity index is 2.06. The van der Waals surface area contributed by atoms with Gasteiger partial charge < -0.3 is 14.8 Å². The third-order valence-electron chi connectivity index (χ3n) is 3.25. The van der Waals surface area contributed by atoms with Crippen LogP contribution in [0.4, 0.5) is 4.79 Å². The number of amides is 1. The predicted octanol–water partition coefficient (Wildman–Crippen LogP) is 3.42. The zero-order valence-electron chi connectivity index (χ0n) is 14.7. The topological polar surface area (TPSA) is 77.5 Å². The van der Waals surface area contributed by atoms with Crippen LogP contribution < -0.4 is 5.32 Å². The second-order valence-electron chi connectivity index (χ2n) is 6.46. The van der Waals surface area contributed by atoms with Gasteiger partial charge >= 0.3 is 12.1 Å². The molecule has 0 saturated carbocycles. The molecule has 0 fully saturated rings. The maximum Gasteiger partial charge on any atom is 0.408 e. The lowest BCUT2D eigenvalue weighted by Gasteiger charge is -2.22. The highest BCUT2D eigenvalue weighted by atomic mass is 32.1. The van der Waals surface area contributed by atoms with Gasteiger partial charge in [0.15, 0.2) is 0 Å². The number of rotatable bonds is 5. The highest BCUT2D eigenvalue weighted by Gasteiger charge is 2.25. The van der Waals surface area contributed by atoms with Crippen LogP contribution in [-0.4, -0.2) is 35.8 Å². The second-order valence-corrected chi connectivity index (χ2v) is 7.35.